The van der Waals surface area contributed by atoms with Gasteiger partial charge in [-0.3, -0.25) is 4.40 Å². The fourth-order valence-electron chi connectivity index (χ4n) is 1.17. The minimum atomic E-state index is -0.447. The molecule has 0 aliphatic heterocycles. The van der Waals surface area contributed by atoms with Gasteiger partial charge in [0.05, 0.1) is 6.61 Å². The molecule has 2 aromatic rings. The van der Waals surface area contributed by atoms with E-state index in [1.807, 2.05) is 0 Å². The summed E-state index contributed by atoms with van der Waals surface area (Å²) >= 11 is 5.69. The third kappa shape index (κ3) is 1.92. The van der Waals surface area contributed by atoms with Crippen LogP contribution >= 0.6 is 11.6 Å². The van der Waals surface area contributed by atoms with Crippen molar-refractivity contribution in [3.63, 3.8) is 0 Å². The number of esters is 1. The third-order valence-corrected chi connectivity index (χ3v) is 2.01. The first-order valence-corrected chi connectivity index (χ1v) is 4.76. The van der Waals surface area contributed by atoms with E-state index >= 15 is 0 Å². The Kier molecular flexibility index (Phi) is 2.55. The number of ether oxygens (including phenoxy) is 1. The molecule has 0 aromatic carbocycles. The molecular formula is C9H8ClN3O2. The number of rotatable bonds is 2. The first kappa shape index (κ1) is 9.92. The lowest BCUT2D eigenvalue weighted by molar-refractivity contribution is 0.0520. The number of aromatic nitrogens is 3. The number of hydrogen-bond donors (Lipinski definition) is 0. The van der Waals surface area contributed by atoms with Gasteiger partial charge < -0.3 is 4.74 Å². The molecule has 0 amide bonds. The van der Waals surface area contributed by atoms with Crippen LogP contribution in [0.2, 0.25) is 5.15 Å². The Bertz CT molecular complexity index is 509. The van der Waals surface area contributed by atoms with Crippen molar-refractivity contribution in [2.24, 2.45) is 0 Å². The summed E-state index contributed by atoms with van der Waals surface area (Å²) in [5.41, 5.74) is 0.818. The average Bonchev–Trinajstić information content (AvgIpc) is 2.60. The lowest BCUT2D eigenvalue weighted by Gasteiger charge is -1.94. The maximum absolute atomic E-state index is 11.3. The van der Waals surface area contributed by atoms with Crippen molar-refractivity contribution in [2.75, 3.05) is 6.61 Å². The Morgan fingerprint density at radius 2 is 2.47 bits per heavy atom. The van der Waals surface area contributed by atoms with E-state index in [0.29, 0.717) is 17.4 Å². The van der Waals surface area contributed by atoms with Gasteiger partial charge in [-0.1, -0.05) is 11.6 Å². The van der Waals surface area contributed by atoms with Gasteiger partial charge >= 0.3 is 5.97 Å². The number of halogens is 1. The molecule has 0 radical (unpaired) electrons. The van der Waals surface area contributed by atoms with Gasteiger partial charge in [0.2, 0.25) is 0 Å². The van der Waals surface area contributed by atoms with E-state index in [2.05, 4.69) is 9.97 Å². The number of fused-ring (bicyclic) bond motifs is 1. The van der Waals surface area contributed by atoms with Crippen LogP contribution in [0.3, 0.4) is 0 Å². The molecule has 0 saturated carbocycles. The average molecular weight is 226 g/mol. The zero-order valence-corrected chi connectivity index (χ0v) is 8.73. The van der Waals surface area contributed by atoms with E-state index < -0.39 is 5.97 Å². The van der Waals surface area contributed by atoms with Crippen LogP contribution in [0.25, 0.3) is 5.65 Å². The van der Waals surface area contributed by atoms with E-state index in [-0.39, 0.29) is 5.69 Å². The molecule has 6 heteroatoms. The van der Waals surface area contributed by atoms with Crippen molar-refractivity contribution >= 4 is 23.2 Å². The van der Waals surface area contributed by atoms with Crippen LogP contribution < -0.4 is 0 Å². The lowest BCUT2D eigenvalue weighted by Crippen LogP contribution is -2.04. The van der Waals surface area contributed by atoms with Crippen LogP contribution in [0.15, 0.2) is 18.6 Å². The molecule has 0 atom stereocenters. The molecule has 15 heavy (non-hydrogen) atoms. The highest BCUT2D eigenvalue weighted by Crippen LogP contribution is 2.10. The summed E-state index contributed by atoms with van der Waals surface area (Å²) < 4.78 is 6.43. The fourth-order valence-corrected chi connectivity index (χ4v) is 1.31. The maximum Gasteiger partial charge on any atom is 0.358 e. The summed E-state index contributed by atoms with van der Waals surface area (Å²) in [6.45, 7) is 2.07. The van der Waals surface area contributed by atoms with Crippen molar-refractivity contribution in [3.8, 4) is 0 Å². The number of hydrogen-bond acceptors (Lipinski definition) is 4. The van der Waals surface area contributed by atoms with Crippen LogP contribution in [0.4, 0.5) is 0 Å². The van der Waals surface area contributed by atoms with Crippen molar-refractivity contribution in [3.05, 3.63) is 29.4 Å². The van der Waals surface area contributed by atoms with E-state index in [0.717, 1.165) is 0 Å². The predicted octanol–water partition coefficient (Wildman–Crippen LogP) is 1.56. The first-order valence-electron chi connectivity index (χ1n) is 4.38. The summed E-state index contributed by atoms with van der Waals surface area (Å²) in [7, 11) is 0. The standard InChI is InChI=1S/C9H8ClN3O2/c1-2-15-9(14)6-4-13-5-11-7(10)3-8(13)12-6/h3-5H,2H2,1H3. The molecular weight excluding hydrogens is 218 g/mol. The number of imidazole rings is 1. The molecule has 0 aliphatic carbocycles. The fraction of sp³-hybridized carbons (Fsp3) is 0.222. The molecule has 2 heterocycles. The minimum absolute atomic E-state index is 0.251. The SMILES string of the molecule is CCOC(=O)c1cn2cnc(Cl)cc2n1. The quantitative estimate of drug-likeness (QED) is 0.575. The predicted molar refractivity (Wildman–Crippen MR) is 54.0 cm³/mol. The number of carbonyl (C=O) groups is 1. The van der Waals surface area contributed by atoms with E-state index in [9.17, 15) is 4.79 Å². The van der Waals surface area contributed by atoms with Crippen molar-refractivity contribution < 1.29 is 9.53 Å². The van der Waals surface area contributed by atoms with Crippen LogP contribution in [-0.2, 0) is 4.74 Å². The normalized spacial score (nSPS) is 10.5. The van der Waals surface area contributed by atoms with E-state index in [1.54, 1.807) is 23.6 Å². The van der Waals surface area contributed by atoms with E-state index in [4.69, 9.17) is 16.3 Å². The molecule has 0 fully saturated rings. The Hall–Kier alpha value is -1.62. The van der Waals surface area contributed by atoms with Gasteiger partial charge in [-0.2, -0.15) is 0 Å². The molecule has 0 N–H and O–H groups in total. The van der Waals surface area contributed by atoms with Gasteiger partial charge in [0.25, 0.3) is 0 Å². The second-order valence-electron chi connectivity index (χ2n) is 2.82. The molecule has 0 unspecified atom stereocenters. The molecule has 2 rings (SSSR count). The summed E-state index contributed by atoms with van der Waals surface area (Å²) in [6.07, 6.45) is 3.05. The summed E-state index contributed by atoms with van der Waals surface area (Å²) in [5, 5.41) is 0.337. The van der Waals surface area contributed by atoms with Gasteiger partial charge in [0, 0.05) is 12.3 Å². The first-order chi connectivity index (χ1) is 7.20. The zero-order valence-electron chi connectivity index (χ0n) is 7.98. The molecule has 0 saturated heterocycles. The maximum atomic E-state index is 11.3. The van der Waals surface area contributed by atoms with Crippen LogP contribution in [0.1, 0.15) is 17.4 Å². The minimum Gasteiger partial charge on any atom is -0.461 e. The van der Waals surface area contributed by atoms with Gasteiger partial charge in [0.15, 0.2) is 5.69 Å². The second kappa shape index (κ2) is 3.86. The molecule has 0 spiro atoms. The van der Waals surface area contributed by atoms with Gasteiger partial charge in [0.1, 0.15) is 17.1 Å². The Morgan fingerprint density at radius 1 is 1.67 bits per heavy atom. The van der Waals surface area contributed by atoms with Crippen molar-refractivity contribution in [1.82, 2.24) is 14.4 Å². The Labute approximate surface area is 90.7 Å². The summed E-state index contributed by atoms with van der Waals surface area (Å²) in [5.74, 6) is -0.447. The topological polar surface area (TPSA) is 56.5 Å². The van der Waals surface area contributed by atoms with Crippen molar-refractivity contribution in [1.29, 1.82) is 0 Å². The highest BCUT2D eigenvalue weighted by atomic mass is 35.5. The van der Waals surface area contributed by atoms with E-state index in [1.165, 1.54) is 6.33 Å². The lowest BCUT2D eigenvalue weighted by atomic mass is 10.5. The molecule has 0 bridgehead atoms. The largest absolute Gasteiger partial charge is 0.461 e. The molecule has 78 valence electrons. The third-order valence-electron chi connectivity index (χ3n) is 1.80. The van der Waals surface area contributed by atoms with Crippen molar-refractivity contribution in [2.45, 2.75) is 6.92 Å². The van der Waals surface area contributed by atoms with Crippen LogP contribution in [0.5, 0.6) is 0 Å². The monoisotopic (exact) mass is 225 g/mol. The summed E-state index contributed by atoms with van der Waals surface area (Å²) in [4.78, 5) is 19.3. The molecule has 5 nitrogen and oxygen atoms in total. The number of nitrogens with zero attached hydrogens (tertiary/aromatic N) is 3. The second-order valence-corrected chi connectivity index (χ2v) is 3.21. The smallest absolute Gasteiger partial charge is 0.358 e. The van der Waals surface area contributed by atoms with Crippen LogP contribution in [0, 0.1) is 0 Å². The molecule has 0 aliphatic rings. The Morgan fingerprint density at radius 3 is 3.20 bits per heavy atom. The number of carbonyl (C=O) groups excluding carboxylic acids is 1. The molecule has 2 aromatic heterocycles. The summed E-state index contributed by atoms with van der Waals surface area (Å²) in [6, 6.07) is 1.57. The van der Waals surface area contributed by atoms with Gasteiger partial charge in [-0.05, 0) is 6.92 Å². The zero-order chi connectivity index (χ0) is 10.8. The Balaban J connectivity index is 2.42. The van der Waals surface area contributed by atoms with Gasteiger partial charge in [-0.15, -0.1) is 0 Å². The highest BCUT2D eigenvalue weighted by Gasteiger charge is 2.11. The van der Waals surface area contributed by atoms with Crippen LogP contribution in [-0.4, -0.2) is 26.9 Å². The van der Waals surface area contributed by atoms with Gasteiger partial charge in [-0.25, -0.2) is 14.8 Å². The highest BCUT2D eigenvalue weighted by molar-refractivity contribution is 6.29.